The first-order valence-corrected chi connectivity index (χ1v) is 7.78. The molecule has 9 heteroatoms. The molecule has 0 aromatic carbocycles. The van der Waals surface area contributed by atoms with E-state index >= 15 is 0 Å². The molecule has 24 heavy (non-hydrogen) atoms. The standard InChI is InChI=1S/C15H19N3O6/c1-22-8-9-23-15(21)24-13-10(19)5-7-18-12(13)14(20)17-6-3-2-4-11(17)16-18/h5,7,11,16H,2-4,6,8-9H2,1H3/t11-/m0/s1. The topological polar surface area (TPSA) is 99.1 Å². The normalized spacial score (nSPS) is 19.1. The zero-order valence-corrected chi connectivity index (χ0v) is 13.3. The maximum atomic E-state index is 12.7. The largest absolute Gasteiger partial charge is 0.514 e. The van der Waals surface area contributed by atoms with Gasteiger partial charge >= 0.3 is 6.16 Å². The van der Waals surface area contributed by atoms with Gasteiger partial charge in [-0.15, -0.1) is 0 Å². The highest BCUT2D eigenvalue weighted by Crippen LogP contribution is 2.26. The number of nitrogens with one attached hydrogen (secondary N) is 1. The minimum atomic E-state index is -1.05. The molecule has 1 saturated heterocycles. The number of ether oxygens (including phenoxy) is 3. The van der Waals surface area contributed by atoms with Gasteiger partial charge in [0, 0.05) is 25.9 Å². The van der Waals surface area contributed by atoms with Gasteiger partial charge in [-0.3, -0.25) is 14.3 Å². The third-order valence-electron chi connectivity index (χ3n) is 4.00. The zero-order chi connectivity index (χ0) is 17.1. The number of carbonyl (C=O) groups excluding carboxylic acids is 2. The van der Waals surface area contributed by atoms with E-state index in [1.165, 1.54) is 24.0 Å². The molecule has 1 aromatic rings. The van der Waals surface area contributed by atoms with Crippen molar-refractivity contribution in [2.24, 2.45) is 0 Å². The summed E-state index contributed by atoms with van der Waals surface area (Å²) in [5.41, 5.74) is 2.60. The summed E-state index contributed by atoms with van der Waals surface area (Å²) in [6.07, 6.45) is 3.04. The summed E-state index contributed by atoms with van der Waals surface area (Å²) < 4.78 is 16.0. The van der Waals surface area contributed by atoms with E-state index in [-0.39, 0.29) is 36.7 Å². The lowest BCUT2D eigenvalue weighted by Crippen LogP contribution is -2.56. The smallest absolute Gasteiger partial charge is 0.432 e. The van der Waals surface area contributed by atoms with Crippen molar-refractivity contribution in [3.63, 3.8) is 0 Å². The quantitative estimate of drug-likeness (QED) is 0.631. The third kappa shape index (κ3) is 3.07. The number of aromatic nitrogens is 1. The molecule has 130 valence electrons. The summed E-state index contributed by atoms with van der Waals surface area (Å²) in [6, 6.07) is 1.24. The fraction of sp³-hybridized carbons (Fsp3) is 0.533. The summed E-state index contributed by atoms with van der Waals surface area (Å²) in [4.78, 5) is 38.2. The van der Waals surface area contributed by atoms with Crippen LogP contribution in [-0.4, -0.2) is 54.7 Å². The van der Waals surface area contributed by atoms with Crippen molar-refractivity contribution in [1.82, 2.24) is 9.58 Å². The zero-order valence-electron chi connectivity index (χ0n) is 13.3. The second kappa shape index (κ2) is 6.91. The molecule has 2 aliphatic rings. The Balaban J connectivity index is 1.87. The molecule has 2 aliphatic heterocycles. The van der Waals surface area contributed by atoms with Gasteiger partial charge in [0.25, 0.3) is 5.91 Å². The predicted molar refractivity (Wildman–Crippen MR) is 82.6 cm³/mol. The molecule has 0 radical (unpaired) electrons. The monoisotopic (exact) mass is 337 g/mol. The number of carbonyl (C=O) groups is 2. The summed E-state index contributed by atoms with van der Waals surface area (Å²) >= 11 is 0. The van der Waals surface area contributed by atoms with Crippen LogP contribution in [-0.2, 0) is 9.47 Å². The summed E-state index contributed by atoms with van der Waals surface area (Å²) in [6.45, 7) is 0.792. The molecule has 0 aliphatic carbocycles. The predicted octanol–water partition coefficient (Wildman–Crippen LogP) is 0.519. The van der Waals surface area contributed by atoms with Crippen molar-refractivity contribution in [2.45, 2.75) is 25.4 Å². The lowest BCUT2D eigenvalue weighted by atomic mass is 10.1. The van der Waals surface area contributed by atoms with Gasteiger partial charge in [-0.05, 0) is 19.3 Å². The molecule has 3 rings (SSSR count). The van der Waals surface area contributed by atoms with Crippen molar-refractivity contribution in [3.8, 4) is 5.75 Å². The molecular weight excluding hydrogens is 318 g/mol. The van der Waals surface area contributed by atoms with Gasteiger partial charge in [0.2, 0.25) is 11.2 Å². The first-order chi connectivity index (χ1) is 11.6. The van der Waals surface area contributed by atoms with Gasteiger partial charge in [0.1, 0.15) is 12.8 Å². The number of fused-ring (bicyclic) bond motifs is 2. The maximum Gasteiger partial charge on any atom is 0.514 e. The molecule has 1 N–H and O–H groups in total. The number of hydrogen-bond donors (Lipinski definition) is 1. The van der Waals surface area contributed by atoms with Gasteiger partial charge in [0.05, 0.1) is 6.61 Å². The Morgan fingerprint density at radius 3 is 2.96 bits per heavy atom. The van der Waals surface area contributed by atoms with E-state index in [4.69, 9.17) is 14.2 Å². The van der Waals surface area contributed by atoms with Crippen molar-refractivity contribution in [1.29, 1.82) is 0 Å². The second-order valence-corrected chi connectivity index (χ2v) is 5.56. The number of piperidine rings is 1. The van der Waals surface area contributed by atoms with Crippen LogP contribution in [0.5, 0.6) is 5.75 Å². The minimum absolute atomic E-state index is 0.00402. The van der Waals surface area contributed by atoms with Crippen LogP contribution in [0.3, 0.4) is 0 Å². The van der Waals surface area contributed by atoms with E-state index in [9.17, 15) is 14.4 Å². The van der Waals surface area contributed by atoms with Crippen LogP contribution in [0.15, 0.2) is 17.1 Å². The van der Waals surface area contributed by atoms with E-state index in [2.05, 4.69) is 5.43 Å². The summed E-state index contributed by atoms with van der Waals surface area (Å²) in [7, 11) is 1.47. The fourth-order valence-electron chi connectivity index (χ4n) is 2.85. The number of rotatable bonds is 4. The van der Waals surface area contributed by atoms with E-state index < -0.39 is 11.6 Å². The molecule has 0 saturated carbocycles. The first kappa shape index (κ1) is 16.3. The summed E-state index contributed by atoms with van der Waals surface area (Å²) in [5.74, 6) is -0.669. The molecule has 1 aromatic heterocycles. The average Bonchev–Trinajstić information content (AvgIpc) is 2.58. The Labute approximate surface area is 138 Å². The van der Waals surface area contributed by atoms with E-state index in [0.29, 0.717) is 6.54 Å². The fourth-order valence-corrected chi connectivity index (χ4v) is 2.85. The molecule has 1 fully saturated rings. The lowest BCUT2D eigenvalue weighted by Gasteiger charge is -2.41. The van der Waals surface area contributed by atoms with Crippen molar-refractivity contribution >= 4 is 12.1 Å². The van der Waals surface area contributed by atoms with E-state index in [1.807, 2.05) is 0 Å². The third-order valence-corrected chi connectivity index (χ3v) is 4.00. The molecule has 1 atom stereocenters. The Bertz CT molecular complexity index is 701. The van der Waals surface area contributed by atoms with Crippen LogP contribution in [0.1, 0.15) is 29.8 Å². The molecule has 0 unspecified atom stereocenters. The van der Waals surface area contributed by atoms with Gasteiger partial charge in [-0.1, -0.05) is 0 Å². The van der Waals surface area contributed by atoms with Crippen molar-refractivity contribution < 1.29 is 23.8 Å². The minimum Gasteiger partial charge on any atom is -0.432 e. The number of pyridine rings is 1. The molecular formula is C15H19N3O6. The molecule has 1 amide bonds. The highest BCUT2D eigenvalue weighted by atomic mass is 16.7. The van der Waals surface area contributed by atoms with E-state index in [0.717, 1.165) is 19.3 Å². The van der Waals surface area contributed by atoms with Crippen LogP contribution in [0.2, 0.25) is 0 Å². The van der Waals surface area contributed by atoms with Crippen LogP contribution in [0, 0.1) is 0 Å². The first-order valence-electron chi connectivity index (χ1n) is 7.78. The lowest BCUT2D eigenvalue weighted by molar-refractivity contribution is 0.0552. The Morgan fingerprint density at radius 1 is 1.33 bits per heavy atom. The van der Waals surface area contributed by atoms with Crippen LogP contribution in [0.4, 0.5) is 4.79 Å². The Kier molecular flexibility index (Phi) is 4.70. The van der Waals surface area contributed by atoms with Crippen LogP contribution < -0.4 is 15.6 Å². The average molecular weight is 337 g/mol. The number of amides is 1. The van der Waals surface area contributed by atoms with Gasteiger partial charge in [-0.25, -0.2) is 4.79 Å². The Hall–Kier alpha value is -2.55. The highest BCUT2D eigenvalue weighted by Gasteiger charge is 2.36. The molecule has 9 nitrogen and oxygen atoms in total. The Morgan fingerprint density at radius 2 is 2.17 bits per heavy atom. The van der Waals surface area contributed by atoms with Crippen LogP contribution in [0.25, 0.3) is 0 Å². The van der Waals surface area contributed by atoms with Gasteiger partial charge in [-0.2, -0.15) is 0 Å². The van der Waals surface area contributed by atoms with Gasteiger partial charge < -0.3 is 24.5 Å². The number of nitrogens with zero attached hydrogens (tertiary/aromatic N) is 2. The summed E-state index contributed by atoms with van der Waals surface area (Å²) in [5, 5.41) is 0. The molecule has 0 bridgehead atoms. The van der Waals surface area contributed by atoms with Crippen molar-refractivity contribution in [2.75, 3.05) is 32.3 Å². The molecule has 0 spiro atoms. The van der Waals surface area contributed by atoms with Gasteiger partial charge in [0.15, 0.2) is 5.69 Å². The second-order valence-electron chi connectivity index (χ2n) is 5.56. The van der Waals surface area contributed by atoms with Crippen LogP contribution >= 0.6 is 0 Å². The SMILES string of the molecule is COCCOC(=O)Oc1c2n(ccc1=O)N[C@@H]1CCCCN1C2=O. The maximum absolute atomic E-state index is 12.7. The highest BCUT2D eigenvalue weighted by molar-refractivity contribution is 5.97. The van der Waals surface area contributed by atoms with Crippen molar-refractivity contribution in [3.05, 3.63) is 28.2 Å². The number of hydrogen-bond acceptors (Lipinski definition) is 7. The van der Waals surface area contributed by atoms with E-state index in [1.54, 1.807) is 4.90 Å². The molecule has 3 heterocycles. The number of methoxy groups -OCH3 is 1.